The maximum Gasteiger partial charge on any atom is 0.251 e. The lowest BCUT2D eigenvalue weighted by Gasteiger charge is -2.11. The highest BCUT2D eigenvalue weighted by Crippen LogP contribution is 2.18. The molecule has 146 valence electrons. The topological polar surface area (TPSA) is 76.7 Å². The highest BCUT2D eigenvalue weighted by atomic mass is 16.5. The van der Waals surface area contributed by atoms with Crippen LogP contribution in [0.2, 0.25) is 0 Å². The Morgan fingerprint density at radius 3 is 2.54 bits per heavy atom. The summed E-state index contributed by atoms with van der Waals surface area (Å²) in [5.41, 5.74) is 2.10. The summed E-state index contributed by atoms with van der Waals surface area (Å²) in [6.07, 6.45) is 5.45. The van der Waals surface area contributed by atoms with Gasteiger partial charge in [0.1, 0.15) is 12.4 Å². The molecule has 1 atom stereocenters. The minimum absolute atomic E-state index is 0.142. The Morgan fingerprint density at radius 2 is 1.89 bits per heavy atom. The van der Waals surface area contributed by atoms with Gasteiger partial charge in [-0.1, -0.05) is 12.1 Å². The molecule has 2 N–H and O–H groups in total. The fourth-order valence-corrected chi connectivity index (χ4v) is 2.85. The number of rotatable bonds is 7. The standard InChI is InChI=1S/C22H24N2O4/c1-23-22(26)17-7-4-16(5-8-17)6-13-21(25)24-18-9-11-19(12-10-18)28-15-20-3-2-14-27-20/h4-13,20H,2-3,14-15H2,1H3,(H,23,26)(H,24,25). The minimum Gasteiger partial charge on any atom is -0.491 e. The van der Waals surface area contributed by atoms with Crippen LogP contribution in [0.15, 0.2) is 54.6 Å². The van der Waals surface area contributed by atoms with Crippen LogP contribution < -0.4 is 15.4 Å². The van der Waals surface area contributed by atoms with Gasteiger partial charge in [0.2, 0.25) is 5.91 Å². The molecule has 2 aromatic rings. The van der Waals surface area contributed by atoms with Crippen molar-refractivity contribution < 1.29 is 19.1 Å². The van der Waals surface area contributed by atoms with Gasteiger partial charge in [0.15, 0.2) is 0 Å². The van der Waals surface area contributed by atoms with Crippen molar-refractivity contribution >= 4 is 23.6 Å². The van der Waals surface area contributed by atoms with Crippen LogP contribution in [0.1, 0.15) is 28.8 Å². The van der Waals surface area contributed by atoms with Gasteiger partial charge in [-0.15, -0.1) is 0 Å². The van der Waals surface area contributed by atoms with Crippen LogP contribution in [0.4, 0.5) is 5.69 Å². The molecular formula is C22H24N2O4. The Bertz CT molecular complexity index is 823. The van der Waals surface area contributed by atoms with Crippen LogP contribution >= 0.6 is 0 Å². The molecule has 3 rings (SSSR count). The molecular weight excluding hydrogens is 356 g/mol. The number of hydrogen-bond donors (Lipinski definition) is 2. The van der Waals surface area contributed by atoms with Crippen LogP contribution in [0, 0.1) is 0 Å². The SMILES string of the molecule is CNC(=O)c1ccc(C=CC(=O)Nc2ccc(OCC3CCCO3)cc2)cc1. The number of benzene rings is 2. The first-order valence-electron chi connectivity index (χ1n) is 9.30. The summed E-state index contributed by atoms with van der Waals surface area (Å²) < 4.78 is 11.2. The first-order chi connectivity index (χ1) is 13.6. The number of amides is 2. The molecule has 1 saturated heterocycles. The zero-order chi connectivity index (χ0) is 19.8. The van der Waals surface area contributed by atoms with Gasteiger partial charge >= 0.3 is 0 Å². The number of anilines is 1. The van der Waals surface area contributed by atoms with E-state index in [0.717, 1.165) is 30.8 Å². The second-order valence-electron chi connectivity index (χ2n) is 6.49. The Labute approximate surface area is 164 Å². The molecule has 1 aliphatic rings. The van der Waals surface area contributed by atoms with E-state index in [4.69, 9.17) is 9.47 Å². The normalized spacial score (nSPS) is 16.1. The summed E-state index contributed by atoms with van der Waals surface area (Å²) in [5.74, 6) is 0.375. The first-order valence-corrected chi connectivity index (χ1v) is 9.30. The highest BCUT2D eigenvalue weighted by molar-refractivity contribution is 6.02. The smallest absolute Gasteiger partial charge is 0.251 e. The summed E-state index contributed by atoms with van der Waals surface area (Å²) in [6.45, 7) is 1.36. The third-order valence-corrected chi connectivity index (χ3v) is 4.41. The van der Waals surface area contributed by atoms with E-state index >= 15 is 0 Å². The van der Waals surface area contributed by atoms with Gasteiger partial charge in [0, 0.05) is 31.0 Å². The third-order valence-electron chi connectivity index (χ3n) is 4.41. The summed E-state index contributed by atoms with van der Waals surface area (Å²) >= 11 is 0. The van der Waals surface area contributed by atoms with E-state index < -0.39 is 0 Å². The molecule has 2 aromatic carbocycles. The fourth-order valence-electron chi connectivity index (χ4n) is 2.85. The molecule has 0 saturated carbocycles. The molecule has 1 unspecified atom stereocenters. The molecule has 0 spiro atoms. The van der Waals surface area contributed by atoms with E-state index in [9.17, 15) is 9.59 Å². The largest absolute Gasteiger partial charge is 0.491 e. The summed E-state index contributed by atoms with van der Waals surface area (Å²) in [4.78, 5) is 23.6. The molecule has 1 aliphatic heterocycles. The van der Waals surface area contributed by atoms with Crippen molar-refractivity contribution in [2.75, 3.05) is 25.6 Å². The van der Waals surface area contributed by atoms with Gasteiger partial charge in [-0.25, -0.2) is 0 Å². The molecule has 2 amide bonds. The first kappa shape index (κ1) is 19.6. The predicted octanol–water partition coefficient (Wildman–Crippen LogP) is 3.26. The fraction of sp³-hybridized carbons (Fsp3) is 0.273. The number of carbonyl (C=O) groups is 2. The Morgan fingerprint density at radius 1 is 1.14 bits per heavy atom. The summed E-state index contributed by atoms with van der Waals surface area (Å²) in [6, 6.07) is 14.3. The Kier molecular flexibility index (Phi) is 6.81. The van der Waals surface area contributed by atoms with Crippen molar-refractivity contribution in [1.29, 1.82) is 0 Å². The van der Waals surface area contributed by atoms with Crippen molar-refractivity contribution in [2.24, 2.45) is 0 Å². The zero-order valence-corrected chi connectivity index (χ0v) is 15.8. The van der Waals surface area contributed by atoms with E-state index in [-0.39, 0.29) is 17.9 Å². The lowest BCUT2D eigenvalue weighted by Crippen LogP contribution is -2.17. The number of hydrogen-bond acceptors (Lipinski definition) is 4. The summed E-state index contributed by atoms with van der Waals surface area (Å²) in [5, 5.41) is 5.37. The molecule has 6 nitrogen and oxygen atoms in total. The van der Waals surface area contributed by atoms with Gasteiger partial charge in [0.05, 0.1) is 6.10 Å². The van der Waals surface area contributed by atoms with Crippen molar-refractivity contribution in [3.8, 4) is 5.75 Å². The van der Waals surface area contributed by atoms with Crippen molar-refractivity contribution in [2.45, 2.75) is 18.9 Å². The second-order valence-corrected chi connectivity index (χ2v) is 6.49. The van der Waals surface area contributed by atoms with Crippen LogP contribution in [0.3, 0.4) is 0 Å². The molecule has 0 aromatic heterocycles. The van der Waals surface area contributed by atoms with Crippen LogP contribution in [0.25, 0.3) is 6.08 Å². The molecule has 6 heteroatoms. The van der Waals surface area contributed by atoms with E-state index in [1.807, 2.05) is 12.1 Å². The predicted molar refractivity (Wildman–Crippen MR) is 108 cm³/mol. The van der Waals surface area contributed by atoms with Crippen LogP contribution in [-0.2, 0) is 9.53 Å². The van der Waals surface area contributed by atoms with Gasteiger partial charge in [-0.05, 0) is 60.9 Å². The average Bonchev–Trinajstić information content (AvgIpc) is 3.25. The van der Waals surface area contributed by atoms with Crippen molar-refractivity contribution in [3.05, 3.63) is 65.7 Å². The molecule has 1 heterocycles. The second kappa shape index (κ2) is 9.71. The lowest BCUT2D eigenvalue weighted by atomic mass is 10.1. The average molecular weight is 380 g/mol. The maximum absolute atomic E-state index is 12.1. The number of nitrogens with one attached hydrogen (secondary N) is 2. The number of ether oxygens (including phenoxy) is 2. The van der Waals surface area contributed by atoms with Crippen molar-refractivity contribution in [1.82, 2.24) is 5.32 Å². The molecule has 0 bridgehead atoms. The lowest BCUT2D eigenvalue weighted by molar-refractivity contribution is -0.111. The molecule has 28 heavy (non-hydrogen) atoms. The zero-order valence-electron chi connectivity index (χ0n) is 15.8. The maximum atomic E-state index is 12.1. The minimum atomic E-state index is -0.233. The number of carbonyl (C=O) groups excluding carboxylic acids is 2. The van der Waals surface area contributed by atoms with E-state index in [2.05, 4.69) is 10.6 Å². The summed E-state index contributed by atoms with van der Waals surface area (Å²) in [7, 11) is 1.59. The van der Waals surface area contributed by atoms with E-state index in [1.165, 1.54) is 6.08 Å². The Hall–Kier alpha value is -3.12. The van der Waals surface area contributed by atoms with E-state index in [0.29, 0.717) is 17.9 Å². The van der Waals surface area contributed by atoms with Gasteiger partial charge in [-0.3, -0.25) is 9.59 Å². The third kappa shape index (κ3) is 5.69. The molecule has 1 fully saturated rings. The highest BCUT2D eigenvalue weighted by Gasteiger charge is 2.15. The van der Waals surface area contributed by atoms with Crippen LogP contribution in [-0.4, -0.2) is 38.2 Å². The molecule has 0 aliphatic carbocycles. The van der Waals surface area contributed by atoms with Crippen LogP contribution in [0.5, 0.6) is 5.75 Å². The van der Waals surface area contributed by atoms with Gasteiger partial charge in [0.25, 0.3) is 5.91 Å². The van der Waals surface area contributed by atoms with Gasteiger partial charge < -0.3 is 20.1 Å². The van der Waals surface area contributed by atoms with Crippen molar-refractivity contribution in [3.63, 3.8) is 0 Å². The van der Waals surface area contributed by atoms with Gasteiger partial charge in [-0.2, -0.15) is 0 Å². The quantitative estimate of drug-likeness (QED) is 0.723. The molecule has 0 radical (unpaired) electrons. The monoisotopic (exact) mass is 380 g/mol. The Balaban J connectivity index is 1.48. The van der Waals surface area contributed by atoms with E-state index in [1.54, 1.807) is 49.5 Å².